The lowest BCUT2D eigenvalue weighted by molar-refractivity contribution is -0.119. The molecule has 0 aromatic heterocycles. The molecule has 1 amide bonds. The van der Waals surface area contributed by atoms with E-state index in [1.165, 1.54) is 0 Å². The number of sulfonamides is 1. The van der Waals surface area contributed by atoms with Gasteiger partial charge in [0.05, 0.1) is 10.9 Å². The molecule has 5 nitrogen and oxygen atoms in total. The van der Waals surface area contributed by atoms with Crippen LogP contribution in [0.15, 0.2) is 89.8 Å². The second-order valence-corrected chi connectivity index (χ2v) is 8.86. The summed E-state index contributed by atoms with van der Waals surface area (Å²) in [6.07, 6.45) is 0.439. The van der Waals surface area contributed by atoms with Gasteiger partial charge in [0.15, 0.2) is 0 Å². The van der Waals surface area contributed by atoms with Gasteiger partial charge in [-0.05, 0) is 28.8 Å². The highest BCUT2D eigenvalue weighted by Gasteiger charge is 2.25. The first-order valence-corrected chi connectivity index (χ1v) is 11.0. The lowest BCUT2D eigenvalue weighted by atomic mass is 9.99. The fourth-order valence-corrected chi connectivity index (χ4v) is 4.82. The van der Waals surface area contributed by atoms with Crippen molar-refractivity contribution >= 4 is 15.9 Å². The lowest BCUT2D eigenvalue weighted by Crippen LogP contribution is -2.29. The monoisotopic (exact) mass is 406 g/mol. The van der Waals surface area contributed by atoms with Crippen LogP contribution < -0.4 is 10.0 Å². The lowest BCUT2D eigenvalue weighted by Gasteiger charge is -2.20. The molecule has 1 saturated heterocycles. The summed E-state index contributed by atoms with van der Waals surface area (Å²) in [5.74, 6) is 0.121. The Morgan fingerprint density at radius 1 is 0.828 bits per heavy atom. The van der Waals surface area contributed by atoms with Crippen LogP contribution in [0.25, 0.3) is 0 Å². The molecule has 3 aromatic rings. The Labute approximate surface area is 170 Å². The molecule has 1 aliphatic rings. The maximum Gasteiger partial charge on any atom is 0.241 e. The van der Waals surface area contributed by atoms with Gasteiger partial charge in [-0.15, -0.1) is 0 Å². The van der Waals surface area contributed by atoms with Crippen LogP contribution in [0.1, 0.15) is 35.1 Å². The van der Waals surface area contributed by atoms with Gasteiger partial charge in [0.25, 0.3) is 0 Å². The third-order valence-corrected chi connectivity index (χ3v) is 6.62. The molecular formula is C23H22N2O3S. The van der Waals surface area contributed by atoms with Crippen molar-refractivity contribution < 1.29 is 13.2 Å². The van der Waals surface area contributed by atoms with Crippen molar-refractivity contribution in [2.75, 3.05) is 6.54 Å². The zero-order chi connectivity index (χ0) is 20.3. The van der Waals surface area contributed by atoms with E-state index in [0.29, 0.717) is 13.0 Å². The van der Waals surface area contributed by atoms with Crippen LogP contribution in [0.4, 0.5) is 0 Å². The molecule has 3 aromatic carbocycles. The van der Waals surface area contributed by atoms with Gasteiger partial charge in [0, 0.05) is 18.9 Å². The van der Waals surface area contributed by atoms with Gasteiger partial charge in [0.1, 0.15) is 0 Å². The first-order valence-electron chi connectivity index (χ1n) is 9.52. The van der Waals surface area contributed by atoms with Crippen LogP contribution >= 0.6 is 0 Å². The van der Waals surface area contributed by atoms with Crippen LogP contribution in [-0.4, -0.2) is 20.9 Å². The molecule has 1 heterocycles. The van der Waals surface area contributed by atoms with E-state index in [2.05, 4.69) is 10.0 Å². The fraction of sp³-hybridized carbons (Fsp3) is 0.174. The Morgan fingerprint density at radius 3 is 1.86 bits per heavy atom. The second kappa shape index (κ2) is 8.19. The van der Waals surface area contributed by atoms with E-state index >= 15 is 0 Å². The number of rotatable bonds is 6. The van der Waals surface area contributed by atoms with Crippen LogP contribution in [-0.2, 0) is 14.8 Å². The van der Waals surface area contributed by atoms with E-state index in [1.807, 2.05) is 60.7 Å². The van der Waals surface area contributed by atoms with Gasteiger partial charge >= 0.3 is 0 Å². The first-order chi connectivity index (χ1) is 14.0. The number of nitrogens with one attached hydrogen (secondary N) is 2. The number of hydrogen-bond acceptors (Lipinski definition) is 3. The predicted octanol–water partition coefficient (Wildman–Crippen LogP) is 3.36. The topological polar surface area (TPSA) is 75.3 Å². The first kappa shape index (κ1) is 19.4. The van der Waals surface area contributed by atoms with Gasteiger partial charge in [-0.3, -0.25) is 4.79 Å². The van der Waals surface area contributed by atoms with Crippen molar-refractivity contribution in [1.29, 1.82) is 0 Å². The van der Waals surface area contributed by atoms with E-state index < -0.39 is 16.1 Å². The van der Waals surface area contributed by atoms with Crippen molar-refractivity contribution in [3.63, 3.8) is 0 Å². The summed E-state index contributed by atoms with van der Waals surface area (Å²) in [4.78, 5) is 11.6. The highest BCUT2D eigenvalue weighted by Crippen LogP contribution is 2.27. The molecule has 0 saturated carbocycles. The fourth-order valence-electron chi connectivity index (χ4n) is 3.60. The van der Waals surface area contributed by atoms with Crippen molar-refractivity contribution in [2.45, 2.75) is 23.3 Å². The maximum absolute atomic E-state index is 13.1. The third kappa shape index (κ3) is 4.39. The smallest absolute Gasteiger partial charge is 0.241 e. The summed E-state index contributed by atoms with van der Waals surface area (Å²) >= 11 is 0. The Hall–Kier alpha value is -2.96. The zero-order valence-corrected chi connectivity index (χ0v) is 16.6. The normalized spacial score (nSPS) is 16.7. The Bertz CT molecular complexity index is 1040. The summed E-state index contributed by atoms with van der Waals surface area (Å²) in [6.45, 7) is 0.591. The molecule has 2 N–H and O–H groups in total. The quantitative estimate of drug-likeness (QED) is 0.659. The van der Waals surface area contributed by atoms with E-state index in [1.54, 1.807) is 24.3 Å². The molecule has 1 fully saturated rings. The Kier molecular flexibility index (Phi) is 5.47. The average molecular weight is 407 g/mol. The van der Waals surface area contributed by atoms with Crippen LogP contribution in [0.5, 0.6) is 0 Å². The van der Waals surface area contributed by atoms with Crippen LogP contribution in [0, 0.1) is 0 Å². The van der Waals surface area contributed by atoms with Crippen LogP contribution in [0.3, 0.4) is 0 Å². The Morgan fingerprint density at radius 2 is 1.38 bits per heavy atom. The van der Waals surface area contributed by atoms with Crippen molar-refractivity contribution in [2.24, 2.45) is 0 Å². The minimum absolute atomic E-state index is 0.0296. The summed E-state index contributed by atoms with van der Waals surface area (Å²) in [5.41, 5.74) is 2.70. The highest BCUT2D eigenvalue weighted by molar-refractivity contribution is 7.89. The number of carbonyl (C=O) groups is 1. The molecule has 29 heavy (non-hydrogen) atoms. The summed E-state index contributed by atoms with van der Waals surface area (Å²) in [6, 6.07) is 25.3. The molecule has 148 valence electrons. The average Bonchev–Trinajstić information content (AvgIpc) is 3.20. The van der Waals surface area contributed by atoms with E-state index in [0.717, 1.165) is 16.7 Å². The number of carbonyl (C=O) groups excluding carboxylic acids is 1. The molecule has 4 rings (SSSR count). The molecular weight excluding hydrogens is 384 g/mol. The van der Waals surface area contributed by atoms with E-state index in [9.17, 15) is 13.2 Å². The molecule has 1 unspecified atom stereocenters. The maximum atomic E-state index is 13.1. The van der Waals surface area contributed by atoms with Crippen molar-refractivity contribution in [1.82, 2.24) is 10.0 Å². The minimum Gasteiger partial charge on any atom is -0.355 e. The summed E-state index contributed by atoms with van der Waals surface area (Å²) in [7, 11) is -3.74. The number of benzene rings is 3. The standard InChI is InChI=1S/C23H22N2O3S/c26-22-15-20(16-24-22)17-11-13-21(14-12-17)29(27,28)25-23(18-7-3-1-4-8-18)19-9-5-2-6-10-19/h1-14,20,23,25H,15-16H2,(H,24,26). The van der Waals surface area contributed by atoms with E-state index in [4.69, 9.17) is 0 Å². The number of hydrogen-bond donors (Lipinski definition) is 2. The van der Waals surface area contributed by atoms with Gasteiger partial charge in [-0.2, -0.15) is 4.72 Å². The zero-order valence-electron chi connectivity index (χ0n) is 15.8. The molecule has 0 spiro atoms. The molecule has 1 aliphatic heterocycles. The van der Waals surface area contributed by atoms with Crippen molar-refractivity contribution in [3.8, 4) is 0 Å². The van der Waals surface area contributed by atoms with Crippen LogP contribution in [0.2, 0.25) is 0 Å². The third-order valence-electron chi connectivity index (χ3n) is 5.18. The Balaban J connectivity index is 1.61. The van der Waals surface area contributed by atoms with Gasteiger partial charge in [-0.25, -0.2) is 8.42 Å². The molecule has 0 aliphatic carbocycles. The number of amides is 1. The molecule has 1 atom stereocenters. The van der Waals surface area contributed by atoms with Gasteiger partial charge in [0.2, 0.25) is 15.9 Å². The summed E-state index contributed by atoms with van der Waals surface area (Å²) < 4.78 is 29.0. The van der Waals surface area contributed by atoms with Gasteiger partial charge < -0.3 is 5.32 Å². The minimum atomic E-state index is -3.74. The van der Waals surface area contributed by atoms with Crippen molar-refractivity contribution in [3.05, 3.63) is 102 Å². The molecule has 6 heteroatoms. The molecule has 0 bridgehead atoms. The van der Waals surface area contributed by atoms with E-state index in [-0.39, 0.29) is 16.7 Å². The summed E-state index contributed by atoms with van der Waals surface area (Å²) in [5, 5.41) is 2.81. The largest absolute Gasteiger partial charge is 0.355 e. The van der Waals surface area contributed by atoms with Gasteiger partial charge in [-0.1, -0.05) is 72.8 Å². The predicted molar refractivity (Wildman–Crippen MR) is 112 cm³/mol. The molecule has 0 radical (unpaired) electrons. The SMILES string of the molecule is O=C1CC(c2ccc(S(=O)(=O)NC(c3ccccc3)c3ccccc3)cc2)CN1. The second-order valence-electron chi connectivity index (χ2n) is 7.15. The highest BCUT2D eigenvalue weighted by atomic mass is 32.2.